The summed E-state index contributed by atoms with van der Waals surface area (Å²) in [6.07, 6.45) is 0.989. The molecule has 0 saturated carbocycles. The Labute approximate surface area is 113 Å². The molecular formula is C16H17NO2. The average molecular weight is 255 g/mol. The average Bonchev–Trinajstić information content (AvgIpc) is 2.93. The molecule has 2 N–H and O–H groups in total. The van der Waals surface area contributed by atoms with E-state index in [0.29, 0.717) is 6.54 Å². The van der Waals surface area contributed by atoms with Crippen LogP contribution < -0.4 is 15.2 Å². The van der Waals surface area contributed by atoms with Gasteiger partial charge in [0.05, 0.1) is 13.7 Å². The predicted octanol–water partition coefficient (Wildman–Crippen LogP) is 2.76. The van der Waals surface area contributed by atoms with Gasteiger partial charge >= 0.3 is 0 Å². The molecule has 3 heteroatoms. The first-order valence-electron chi connectivity index (χ1n) is 6.45. The lowest BCUT2D eigenvalue weighted by atomic mass is 9.99. The fourth-order valence-electron chi connectivity index (χ4n) is 2.48. The topological polar surface area (TPSA) is 44.5 Å². The maximum atomic E-state index is 5.76. The van der Waals surface area contributed by atoms with Crippen LogP contribution in [0.15, 0.2) is 36.4 Å². The van der Waals surface area contributed by atoms with Gasteiger partial charge in [0, 0.05) is 18.5 Å². The molecule has 0 saturated heterocycles. The minimum atomic E-state index is 0.477. The maximum Gasteiger partial charge on any atom is 0.123 e. The summed E-state index contributed by atoms with van der Waals surface area (Å²) in [5.74, 6) is 1.85. The zero-order chi connectivity index (χ0) is 13.2. The van der Waals surface area contributed by atoms with Gasteiger partial charge in [-0.15, -0.1) is 0 Å². The molecule has 0 fully saturated rings. The van der Waals surface area contributed by atoms with E-state index in [9.17, 15) is 0 Å². The number of fused-ring (bicyclic) bond motifs is 1. The lowest BCUT2D eigenvalue weighted by Crippen LogP contribution is -2.00. The van der Waals surface area contributed by atoms with Crippen LogP contribution >= 0.6 is 0 Å². The van der Waals surface area contributed by atoms with Gasteiger partial charge in [0.2, 0.25) is 0 Å². The SMILES string of the molecule is COc1ccc(-c2ccc3c(c2)CCO3)cc1CN. The molecule has 1 heterocycles. The Hall–Kier alpha value is -2.00. The van der Waals surface area contributed by atoms with Crippen molar-refractivity contribution in [2.24, 2.45) is 5.73 Å². The molecule has 0 amide bonds. The van der Waals surface area contributed by atoms with Crippen LogP contribution in [0.2, 0.25) is 0 Å². The molecule has 3 rings (SSSR count). The van der Waals surface area contributed by atoms with E-state index in [4.69, 9.17) is 15.2 Å². The van der Waals surface area contributed by atoms with Crippen LogP contribution in [0.25, 0.3) is 11.1 Å². The summed E-state index contributed by atoms with van der Waals surface area (Å²) >= 11 is 0. The van der Waals surface area contributed by atoms with Gasteiger partial charge in [-0.05, 0) is 41.0 Å². The second kappa shape index (κ2) is 4.94. The second-order valence-corrected chi connectivity index (χ2v) is 4.65. The van der Waals surface area contributed by atoms with Crippen LogP contribution in [0, 0.1) is 0 Å². The van der Waals surface area contributed by atoms with Crippen molar-refractivity contribution in [1.82, 2.24) is 0 Å². The molecule has 0 aliphatic carbocycles. The van der Waals surface area contributed by atoms with E-state index in [0.717, 1.165) is 35.7 Å². The zero-order valence-electron chi connectivity index (χ0n) is 11.0. The van der Waals surface area contributed by atoms with Crippen LogP contribution in [0.4, 0.5) is 0 Å². The highest BCUT2D eigenvalue weighted by molar-refractivity contribution is 5.68. The smallest absolute Gasteiger partial charge is 0.123 e. The number of methoxy groups -OCH3 is 1. The third-order valence-corrected chi connectivity index (χ3v) is 3.52. The van der Waals surface area contributed by atoms with Gasteiger partial charge < -0.3 is 15.2 Å². The Morgan fingerprint density at radius 1 is 1.16 bits per heavy atom. The van der Waals surface area contributed by atoms with Crippen molar-refractivity contribution in [2.45, 2.75) is 13.0 Å². The summed E-state index contributed by atoms with van der Waals surface area (Å²) in [6.45, 7) is 1.26. The van der Waals surface area contributed by atoms with Gasteiger partial charge in [-0.1, -0.05) is 12.1 Å². The molecule has 1 aliphatic rings. The summed E-state index contributed by atoms with van der Waals surface area (Å²) in [7, 11) is 1.67. The number of hydrogen-bond donors (Lipinski definition) is 1. The van der Waals surface area contributed by atoms with Crippen molar-refractivity contribution >= 4 is 0 Å². The van der Waals surface area contributed by atoms with Crippen LogP contribution in [0.5, 0.6) is 11.5 Å². The molecule has 0 spiro atoms. The molecule has 2 aromatic carbocycles. The molecule has 0 bridgehead atoms. The zero-order valence-corrected chi connectivity index (χ0v) is 11.0. The first-order valence-corrected chi connectivity index (χ1v) is 6.45. The largest absolute Gasteiger partial charge is 0.496 e. The molecule has 1 aliphatic heterocycles. The van der Waals surface area contributed by atoms with Crippen molar-refractivity contribution in [3.63, 3.8) is 0 Å². The van der Waals surface area contributed by atoms with Gasteiger partial charge in [-0.25, -0.2) is 0 Å². The van der Waals surface area contributed by atoms with Gasteiger partial charge in [0.15, 0.2) is 0 Å². The van der Waals surface area contributed by atoms with Crippen LogP contribution in [0.3, 0.4) is 0 Å². The van der Waals surface area contributed by atoms with Crippen molar-refractivity contribution in [3.05, 3.63) is 47.5 Å². The molecule has 3 nitrogen and oxygen atoms in total. The van der Waals surface area contributed by atoms with Crippen molar-refractivity contribution in [2.75, 3.05) is 13.7 Å². The standard InChI is InChI=1S/C16H17NO2/c1-18-15-4-2-12(9-14(15)10-17)11-3-5-16-13(8-11)6-7-19-16/h2-5,8-9H,6-7,10,17H2,1H3. The Morgan fingerprint density at radius 3 is 2.74 bits per heavy atom. The fraction of sp³-hybridized carbons (Fsp3) is 0.250. The van der Waals surface area contributed by atoms with Crippen molar-refractivity contribution < 1.29 is 9.47 Å². The van der Waals surface area contributed by atoms with E-state index in [1.54, 1.807) is 7.11 Å². The van der Waals surface area contributed by atoms with Gasteiger partial charge in [-0.2, -0.15) is 0 Å². The van der Waals surface area contributed by atoms with E-state index < -0.39 is 0 Å². The van der Waals surface area contributed by atoms with Gasteiger partial charge in [-0.3, -0.25) is 0 Å². The number of ether oxygens (including phenoxy) is 2. The lowest BCUT2D eigenvalue weighted by molar-refractivity contribution is 0.357. The summed E-state index contributed by atoms with van der Waals surface area (Å²) < 4.78 is 10.8. The third kappa shape index (κ3) is 2.17. The highest BCUT2D eigenvalue weighted by atomic mass is 16.5. The first kappa shape index (κ1) is 12.1. The van der Waals surface area contributed by atoms with E-state index >= 15 is 0 Å². The Balaban J connectivity index is 2.02. The Morgan fingerprint density at radius 2 is 1.95 bits per heavy atom. The molecule has 19 heavy (non-hydrogen) atoms. The summed E-state index contributed by atoms with van der Waals surface area (Å²) in [5, 5.41) is 0. The Bertz CT molecular complexity index is 608. The van der Waals surface area contributed by atoms with Crippen molar-refractivity contribution in [1.29, 1.82) is 0 Å². The van der Waals surface area contributed by atoms with Crippen LogP contribution in [-0.4, -0.2) is 13.7 Å². The van der Waals surface area contributed by atoms with Crippen molar-refractivity contribution in [3.8, 4) is 22.6 Å². The summed E-state index contributed by atoms with van der Waals surface area (Å²) in [4.78, 5) is 0. The normalized spacial score (nSPS) is 12.9. The molecule has 0 unspecified atom stereocenters. The molecular weight excluding hydrogens is 238 g/mol. The summed E-state index contributed by atoms with van der Waals surface area (Å²) in [6, 6.07) is 12.5. The van der Waals surface area contributed by atoms with Crippen LogP contribution in [0.1, 0.15) is 11.1 Å². The number of hydrogen-bond acceptors (Lipinski definition) is 3. The van der Waals surface area contributed by atoms with Crippen LogP contribution in [-0.2, 0) is 13.0 Å². The first-order chi connectivity index (χ1) is 9.31. The summed E-state index contributed by atoms with van der Waals surface area (Å²) in [5.41, 5.74) is 10.4. The molecule has 2 aromatic rings. The molecule has 98 valence electrons. The van der Waals surface area contributed by atoms with E-state index in [1.165, 1.54) is 11.1 Å². The monoisotopic (exact) mass is 255 g/mol. The number of nitrogens with two attached hydrogens (primary N) is 1. The maximum absolute atomic E-state index is 5.76. The molecule has 0 atom stereocenters. The lowest BCUT2D eigenvalue weighted by Gasteiger charge is -2.10. The quantitative estimate of drug-likeness (QED) is 0.917. The number of benzene rings is 2. The predicted molar refractivity (Wildman–Crippen MR) is 75.5 cm³/mol. The fourth-order valence-corrected chi connectivity index (χ4v) is 2.48. The Kier molecular flexibility index (Phi) is 3.13. The minimum absolute atomic E-state index is 0.477. The highest BCUT2D eigenvalue weighted by Gasteiger charge is 2.13. The minimum Gasteiger partial charge on any atom is -0.496 e. The molecule has 0 aromatic heterocycles. The van der Waals surface area contributed by atoms with Gasteiger partial charge in [0.1, 0.15) is 11.5 Å². The van der Waals surface area contributed by atoms with E-state index in [1.807, 2.05) is 12.1 Å². The second-order valence-electron chi connectivity index (χ2n) is 4.65. The van der Waals surface area contributed by atoms with E-state index in [-0.39, 0.29) is 0 Å². The number of rotatable bonds is 3. The van der Waals surface area contributed by atoms with E-state index in [2.05, 4.69) is 24.3 Å². The van der Waals surface area contributed by atoms with Gasteiger partial charge in [0.25, 0.3) is 0 Å². The third-order valence-electron chi connectivity index (χ3n) is 3.52. The molecule has 0 radical (unpaired) electrons. The highest BCUT2D eigenvalue weighted by Crippen LogP contribution is 2.32.